The molecule has 3 amide bonds. The first-order chi connectivity index (χ1) is 11.8. The number of carbonyl (C=O) groups is 3. The number of ether oxygens (including phenoxy) is 1. The van der Waals surface area contributed by atoms with Gasteiger partial charge in [0.25, 0.3) is 5.91 Å². The second kappa shape index (κ2) is 10.6. The van der Waals surface area contributed by atoms with Crippen LogP contribution in [0.3, 0.4) is 0 Å². The van der Waals surface area contributed by atoms with Crippen molar-refractivity contribution in [3.05, 3.63) is 29.8 Å². The molecule has 1 aromatic carbocycles. The first-order valence-electron chi connectivity index (χ1n) is 7.94. The smallest absolute Gasteiger partial charge is 0.329 e. The van der Waals surface area contributed by atoms with Crippen LogP contribution in [-0.2, 0) is 14.3 Å². The summed E-state index contributed by atoms with van der Waals surface area (Å²) >= 11 is 1.52. The number of thioether (sulfide) groups is 1. The number of carbonyl (C=O) groups excluding carboxylic acids is 3. The minimum absolute atomic E-state index is 0.376. The van der Waals surface area contributed by atoms with Crippen molar-refractivity contribution in [3.8, 4) is 0 Å². The zero-order valence-electron chi connectivity index (χ0n) is 14.7. The Bertz CT molecular complexity index is 590. The molecule has 138 valence electrons. The summed E-state index contributed by atoms with van der Waals surface area (Å²) in [6.07, 6.45) is 2.26. The molecular weight excluding hydrogens is 342 g/mol. The summed E-state index contributed by atoms with van der Waals surface area (Å²) in [4.78, 5) is 34.8. The predicted molar refractivity (Wildman–Crippen MR) is 99.6 cm³/mol. The Morgan fingerprint density at radius 3 is 2.36 bits per heavy atom. The molecule has 0 aromatic heterocycles. The van der Waals surface area contributed by atoms with Crippen LogP contribution in [0.15, 0.2) is 24.3 Å². The van der Waals surface area contributed by atoms with Crippen molar-refractivity contribution < 1.29 is 19.1 Å². The monoisotopic (exact) mass is 367 g/mol. The maximum atomic E-state index is 12.0. The van der Waals surface area contributed by atoms with E-state index in [-0.39, 0.29) is 0 Å². The summed E-state index contributed by atoms with van der Waals surface area (Å²) in [6, 6.07) is 5.79. The molecule has 0 saturated carbocycles. The SMILES string of the molecule is CSCC[C@@H](NC(N)=O)C(=O)OCC(=O)Nc1ccc(C(C)C)cc1. The van der Waals surface area contributed by atoms with Gasteiger partial charge in [0.1, 0.15) is 6.04 Å². The van der Waals surface area contributed by atoms with Gasteiger partial charge in [-0.3, -0.25) is 4.79 Å². The average Bonchev–Trinajstić information content (AvgIpc) is 2.56. The molecule has 0 aliphatic rings. The Hall–Kier alpha value is -2.22. The van der Waals surface area contributed by atoms with Crippen molar-refractivity contribution in [3.63, 3.8) is 0 Å². The van der Waals surface area contributed by atoms with Gasteiger partial charge in [-0.25, -0.2) is 9.59 Å². The van der Waals surface area contributed by atoms with Crippen LogP contribution in [0.2, 0.25) is 0 Å². The number of esters is 1. The number of amides is 3. The molecule has 0 bridgehead atoms. The molecule has 0 spiro atoms. The van der Waals surface area contributed by atoms with Gasteiger partial charge >= 0.3 is 12.0 Å². The molecule has 1 aromatic rings. The second-order valence-corrected chi connectivity index (χ2v) is 6.76. The molecule has 8 heteroatoms. The minimum atomic E-state index is -0.858. The van der Waals surface area contributed by atoms with E-state index in [9.17, 15) is 14.4 Å². The molecule has 0 radical (unpaired) electrons. The lowest BCUT2D eigenvalue weighted by Crippen LogP contribution is -2.45. The van der Waals surface area contributed by atoms with Crippen molar-refractivity contribution in [1.29, 1.82) is 0 Å². The largest absolute Gasteiger partial charge is 0.454 e. The Kier molecular flexibility index (Phi) is 8.83. The fourth-order valence-corrected chi connectivity index (χ4v) is 2.51. The number of anilines is 1. The summed E-state index contributed by atoms with van der Waals surface area (Å²) in [7, 11) is 0. The van der Waals surface area contributed by atoms with Gasteiger partial charge in [-0.05, 0) is 42.0 Å². The predicted octanol–water partition coefficient (Wildman–Crippen LogP) is 2.08. The zero-order chi connectivity index (χ0) is 18.8. The van der Waals surface area contributed by atoms with Gasteiger partial charge in [0.05, 0.1) is 0 Å². The molecule has 0 saturated heterocycles. The maximum Gasteiger partial charge on any atom is 0.329 e. The highest BCUT2D eigenvalue weighted by Crippen LogP contribution is 2.17. The molecule has 0 aliphatic heterocycles. The van der Waals surface area contributed by atoms with E-state index in [4.69, 9.17) is 10.5 Å². The first-order valence-corrected chi connectivity index (χ1v) is 9.34. The minimum Gasteiger partial charge on any atom is -0.454 e. The molecule has 0 fully saturated rings. The van der Waals surface area contributed by atoms with Crippen molar-refractivity contribution in [2.75, 3.05) is 23.9 Å². The van der Waals surface area contributed by atoms with Crippen LogP contribution in [0, 0.1) is 0 Å². The Morgan fingerprint density at radius 1 is 1.20 bits per heavy atom. The second-order valence-electron chi connectivity index (χ2n) is 5.78. The Morgan fingerprint density at radius 2 is 1.84 bits per heavy atom. The van der Waals surface area contributed by atoms with Crippen LogP contribution < -0.4 is 16.4 Å². The molecular formula is C17H25N3O4S. The third kappa shape index (κ3) is 7.93. The van der Waals surface area contributed by atoms with Gasteiger partial charge in [0.15, 0.2) is 6.61 Å². The fourth-order valence-electron chi connectivity index (χ4n) is 2.04. The number of nitrogens with two attached hydrogens (primary N) is 1. The number of urea groups is 1. The molecule has 0 aliphatic carbocycles. The molecule has 25 heavy (non-hydrogen) atoms. The van der Waals surface area contributed by atoms with E-state index in [1.54, 1.807) is 12.1 Å². The number of benzene rings is 1. The maximum absolute atomic E-state index is 12.0. The fraction of sp³-hybridized carbons (Fsp3) is 0.471. The van der Waals surface area contributed by atoms with Crippen LogP contribution in [0.25, 0.3) is 0 Å². The molecule has 0 unspecified atom stereocenters. The quantitative estimate of drug-likeness (QED) is 0.579. The van der Waals surface area contributed by atoms with Crippen LogP contribution in [-0.4, -0.2) is 42.6 Å². The number of hydrogen-bond donors (Lipinski definition) is 3. The number of rotatable bonds is 9. The van der Waals surface area contributed by atoms with Crippen molar-refractivity contribution >= 4 is 35.4 Å². The number of nitrogens with one attached hydrogen (secondary N) is 2. The van der Waals surface area contributed by atoms with E-state index < -0.39 is 30.6 Å². The summed E-state index contributed by atoms with van der Waals surface area (Å²) in [5.74, 6) is -0.0813. The highest BCUT2D eigenvalue weighted by Gasteiger charge is 2.21. The highest BCUT2D eigenvalue weighted by molar-refractivity contribution is 7.98. The van der Waals surface area contributed by atoms with Crippen molar-refractivity contribution in [2.24, 2.45) is 5.73 Å². The summed E-state index contributed by atoms with van der Waals surface area (Å²) in [6.45, 7) is 3.74. The highest BCUT2D eigenvalue weighted by atomic mass is 32.2. The molecule has 7 nitrogen and oxygen atoms in total. The van der Waals surface area contributed by atoms with E-state index in [0.717, 1.165) is 0 Å². The van der Waals surface area contributed by atoms with Gasteiger partial charge in [0, 0.05) is 5.69 Å². The average molecular weight is 367 g/mol. The number of primary amides is 1. The summed E-state index contributed by atoms with van der Waals surface area (Å²) in [5, 5.41) is 4.98. The van der Waals surface area contributed by atoms with Crippen LogP contribution in [0.4, 0.5) is 10.5 Å². The third-order valence-electron chi connectivity index (χ3n) is 3.42. The lowest BCUT2D eigenvalue weighted by atomic mass is 10.0. The third-order valence-corrected chi connectivity index (χ3v) is 4.06. The van der Waals surface area contributed by atoms with Crippen LogP contribution >= 0.6 is 11.8 Å². The van der Waals surface area contributed by atoms with E-state index in [1.807, 2.05) is 18.4 Å². The van der Waals surface area contributed by atoms with Crippen molar-refractivity contribution in [1.82, 2.24) is 5.32 Å². The van der Waals surface area contributed by atoms with E-state index >= 15 is 0 Å². The molecule has 1 atom stereocenters. The van der Waals surface area contributed by atoms with E-state index in [1.165, 1.54) is 17.3 Å². The standard InChI is InChI=1S/C17H25N3O4S/c1-11(2)12-4-6-13(7-5-12)19-15(21)10-24-16(22)14(8-9-25-3)20-17(18)23/h4-7,11,14H,8-10H2,1-3H3,(H,19,21)(H3,18,20,23)/t14-/m1/s1. The summed E-state index contributed by atoms with van der Waals surface area (Å²) < 4.78 is 4.97. The van der Waals surface area contributed by atoms with Crippen LogP contribution in [0.1, 0.15) is 31.7 Å². The van der Waals surface area contributed by atoms with E-state index in [0.29, 0.717) is 23.8 Å². The van der Waals surface area contributed by atoms with Gasteiger partial charge in [-0.15, -0.1) is 0 Å². The van der Waals surface area contributed by atoms with Crippen molar-refractivity contribution in [2.45, 2.75) is 32.2 Å². The number of hydrogen-bond acceptors (Lipinski definition) is 5. The Balaban J connectivity index is 2.50. The Labute approximate surface area is 152 Å². The van der Waals surface area contributed by atoms with Crippen LogP contribution in [0.5, 0.6) is 0 Å². The molecule has 0 heterocycles. The topological polar surface area (TPSA) is 111 Å². The molecule has 1 rings (SSSR count). The molecule has 4 N–H and O–H groups in total. The van der Waals surface area contributed by atoms with E-state index in [2.05, 4.69) is 24.5 Å². The zero-order valence-corrected chi connectivity index (χ0v) is 15.5. The van der Waals surface area contributed by atoms with Gasteiger partial charge in [-0.2, -0.15) is 11.8 Å². The lowest BCUT2D eigenvalue weighted by Gasteiger charge is -2.16. The first kappa shape index (κ1) is 20.8. The van der Waals surface area contributed by atoms with Gasteiger partial charge in [-0.1, -0.05) is 26.0 Å². The van der Waals surface area contributed by atoms with Gasteiger partial charge in [0.2, 0.25) is 0 Å². The summed E-state index contributed by atoms with van der Waals surface area (Å²) in [5.41, 5.74) is 6.84. The lowest BCUT2D eigenvalue weighted by molar-refractivity contribution is -0.149. The van der Waals surface area contributed by atoms with Gasteiger partial charge < -0.3 is 21.1 Å². The normalized spacial score (nSPS) is 11.7.